The standard InChI is InChI=1S/C18H21N5O8S3/c19-22-18(20-8-34(29,30)31)33-7-10-6-32-16-11(15(26)23(16)12(10)17(27)28)21-14(25)13(24)9-4-2-1-3-5-9/h1-5,11,13,16,24H,6-8,19H2,(H,20,22)(H,21,25)(H,27,28)(H,29,30,31)/t11-,13-,16-/m1/s1. The summed E-state index contributed by atoms with van der Waals surface area (Å²) in [5.41, 5.74) is 2.62. The van der Waals surface area contributed by atoms with Crippen LogP contribution in [0.4, 0.5) is 0 Å². The molecule has 2 heterocycles. The quantitative estimate of drug-likeness (QED) is 0.0586. The molecule has 2 aliphatic rings. The van der Waals surface area contributed by atoms with Crippen molar-refractivity contribution < 1.29 is 37.6 Å². The molecule has 184 valence electrons. The van der Waals surface area contributed by atoms with Gasteiger partial charge in [0, 0.05) is 11.5 Å². The summed E-state index contributed by atoms with van der Waals surface area (Å²) in [7, 11) is -4.36. The fourth-order valence-electron chi connectivity index (χ4n) is 3.24. The van der Waals surface area contributed by atoms with Crippen molar-refractivity contribution in [1.29, 1.82) is 0 Å². The molecular formula is C18H21N5O8S3. The topological polar surface area (TPSA) is 212 Å². The monoisotopic (exact) mass is 531 g/mol. The third-order valence-corrected chi connectivity index (χ3v) is 7.60. The Labute approximate surface area is 202 Å². The fraction of sp³-hybridized carbons (Fsp3) is 0.333. The Morgan fingerprint density at radius 2 is 2.00 bits per heavy atom. The van der Waals surface area contributed by atoms with Crippen molar-refractivity contribution in [3.63, 3.8) is 0 Å². The molecular weight excluding hydrogens is 510 g/mol. The molecule has 34 heavy (non-hydrogen) atoms. The smallest absolute Gasteiger partial charge is 0.352 e. The highest BCUT2D eigenvalue weighted by molar-refractivity contribution is 8.14. The second-order valence-corrected chi connectivity index (χ2v) is 10.6. The van der Waals surface area contributed by atoms with E-state index in [0.29, 0.717) is 11.1 Å². The first-order valence-electron chi connectivity index (χ1n) is 9.56. The summed E-state index contributed by atoms with van der Waals surface area (Å²) in [6, 6.07) is 7.16. The van der Waals surface area contributed by atoms with Gasteiger partial charge in [-0.25, -0.2) is 15.6 Å². The van der Waals surface area contributed by atoms with Crippen LogP contribution in [-0.4, -0.2) is 79.8 Å². The van der Waals surface area contributed by atoms with Gasteiger partial charge in [0.25, 0.3) is 21.9 Å². The molecule has 2 aliphatic heterocycles. The Bertz CT molecular complexity index is 1140. The molecule has 0 radical (unpaired) electrons. The number of aliphatic hydroxyl groups excluding tert-OH is 1. The van der Waals surface area contributed by atoms with Crippen LogP contribution in [0.3, 0.4) is 0 Å². The van der Waals surface area contributed by atoms with Gasteiger partial charge in [-0.15, -0.1) is 11.8 Å². The van der Waals surface area contributed by atoms with Crippen LogP contribution in [0.5, 0.6) is 0 Å². The Morgan fingerprint density at radius 3 is 2.59 bits per heavy atom. The molecule has 1 aromatic rings. The highest BCUT2D eigenvalue weighted by Gasteiger charge is 2.54. The third-order valence-electron chi connectivity index (χ3n) is 4.79. The molecule has 0 spiro atoms. The van der Waals surface area contributed by atoms with Gasteiger partial charge in [0.2, 0.25) is 0 Å². The third kappa shape index (κ3) is 5.89. The number of amides is 2. The van der Waals surface area contributed by atoms with Gasteiger partial charge in [-0.1, -0.05) is 42.1 Å². The lowest BCUT2D eigenvalue weighted by Crippen LogP contribution is -2.70. The summed E-state index contributed by atoms with van der Waals surface area (Å²) in [6.07, 6.45) is -1.48. The normalized spacial score (nSPS) is 21.4. The highest BCUT2D eigenvalue weighted by Crippen LogP contribution is 2.41. The average molecular weight is 532 g/mol. The van der Waals surface area contributed by atoms with Gasteiger partial charge in [-0.05, 0) is 11.1 Å². The van der Waals surface area contributed by atoms with Crippen molar-refractivity contribution in [3.05, 3.63) is 47.2 Å². The van der Waals surface area contributed by atoms with Gasteiger partial charge in [-0.2, -0.15) is 8.42 Å². The number of carbonyl (C=O) groups excluding carboxylic acids is 2. The Hall–Kier alpha value is -2.63. The minimum absolute atomic E-state index is 0.0173. The van der Waals surface area contributed by atoms with Gasteiger partial charge in [0.1, 0.15) is 17.1 Å². The van der Waals surface area contributed by atoms with E-state index in [1.165, 1.54) is 11.8 Å². The van der Waals surface area contributed by atoms with E-state index in [1.807, 2.05) is 0 Å². The number of thioether (sulfide) groups is 2. The minimum atomic E-state index is -4.36. The average Bonchev–Trinajstić information content (AvgIpc) is 2.81. The summed E-state index contributed by atoms with van der Waals surface area (Å²) in [4.78, 5) is 41.7. The number of nitrogens with two attached hydrogens (primary N) is 1. The van der Waals surface area contributed by atoms with E-state index in [4.69, 9.17) is 10.4 Å². The molecule has 0 aromatic heterocycles. The number of hydrogen-bond donors (Lipinski definition) is 6. The van der Waals surface area contributed by atoms with Crippen LogP contribution < -0.4 is 16.6 Å². The molecule has 1 saturated heterocycles. The van der Waals surface area contributed by atoms with Gasteiger partial charge in [0.15, 0.2) is 17.1 Å². The molecule has 0 bridgehead atoms. The number of hydrazine groups is 1. The molecule has 0 saturated carbocycles. The lowest BCUT2D eigenvalue weighted by Gasteiger charge is -2.49. The number of nitrogens with one attached hydrogen (secondary N) is 2. The van der Waals surface area contributed by atoms with E-state index in [-0.39, 0.29) is 22.4 Å². The number of carboxylic acids is 1. The predicted octanol–water partition coefficient (Wildman–Crippen LogP) is -1.14. The molecule has 1 aromatic carbocycles. The molecule has 0 unspecified atom stereocenters. The van der Waals surface area contributed by atoms with E-state index >= 15 is 0 Å². The fourth-order valence-corrected chi connectivity index (χ4v) is 5.88. The van der Waals surface area contributed by atoms with E-state index in [0.717, 1.165) is 16.7 Å². The van der Waals surface area contributed by atoms with Crippen LogP contribution in [0, 0.1) is 0 Å². The number of benzene rings is 1. The van der Waals surface area contributed by atoms with E-state index < -0.39 is 51.3 Å². The van der Waals surface area contributed by atoms with Crippen molar-refractivity contribution in [2.75, 3.05) is 17.4 Å². The highest BCUT2D eigenvalue weighted by atomic mass is 32.2. The summed E-state index contributed by atoms with van der Waals surface area (Å²) in [6.45, 7) is 0. The molecule has 2 amide bonds. The molecule has 0 aliphatic carbocycles. The SMILES string of the molecule is NN/C(=N/CS(=O)(=O)O)SCC1=C(C(=O)O)N2C(=O)[C@@H](NC(=O)[C@H](O)c3ccccc3)[C@H]2SC1. The zero-order valence-electron chi connectivity index (χ0n) is 17.3. The lowest BCUT2D eigenvalue weighted by molar-refractivity contribution is -0.151. The number of aliphatic carboxylic acids is 1. The van der Waals surface area contributed by atoms with Crippen molar-refractivity contribution >= 4 is 56.6 Å². The summed E-state index contributed by atoms with van der Waals surface area (Å²) >= 11 is 2.12. The van der Waals surface area contributed by atoms with Crippen LogP contribution >= 0.6 is 23.5 Å². The summed E-state index contributed by atoms with van der Waals surface area (Å²) in [5.74, 6) is 1.81. The Balaban J connectivity index is 1.70. The number of amidine groups is 1. The number of carboxylic acid groups (broad SMARTS) is 1. The zero-order valence-corrected chi connectivity index (χ0v) is 19.8. The number of carbonyl (C=O) groups is 3. The number of fused-ring (bicyclic) bond motifs is 1. The molecule has 13 nitrogen and oxygen atoms in total. The summed E-state index contributed by atoms with van der Waals surface area (Å²) < 4.78 is 30.5. The number of aliphatic hydroxyl groups is 1. The first-order chi connectivity index (χ1) is 16.0. The molecule has 7 N–H and O–H groups in total. The van der Waals surface area contributed by atoms with Crippen molar-refractivity contribution in [3.8, 4) is 0 Å². The Kier molecular flexibility index (Phi) is 8.21. The maximum absolute atomic E-state index is 12.7. The van der Waals surface area contributed by atoms with Gasteiger partial charge in [0.05, 0.1) is 0 Å². The molecule has 3 atom stereocenters. The van der Waals surface area contributed by atoms with Gasteiger partial charge in [-0.3, -0.25) is 19.0 Å². The second-order valence-electron chi connectivity index (χ2n) is 7.07. The number of β-lactam (4-membered cyclic amide) rings is 1. The first kappa shape index (κ1) is 26.0. The predicted molar refractivity (Wildman–Crippen MR) is 125 cm³/mol. The second kappa shape index (κ2) is 10.7. The van der Waals surface area contributed by atoms with Crippen LogP contribution in [0.2, 0.25) is 0 Å². The van der Waals surface area contributed by atoms with Crippen molar-refractivity contribution in [2.45, 2.75) is 17.5 Å². The van der Waals surface area contributed by atoms with E-state index in [9.17, 15) is 33.0 Å². The molecule has 1 fully saturated rings. The van der Waals surface area contributed by atoms with Crippen molar-refractivity contribution in [1.82, 2.24) is 15.6 Å². The largest absolute Gasteiger partial charge is 0.477 e. The summed E-state index contributed by atoms with van der Waals surface area (Å²) in [5, 5.41) is 21.7. The maximum Gasteiger partial charge on any atom is 0.352 e. The molecule has 16 heteroatoms. The maximum atomic E-state index is 12.7. The van der Waals surface area contributed by atoms with Crippen LogP contribution in [0.25, 0.3) is 0 Å². The van der Waals surface area contributed by atoms with Crippen LogP contribution in [0.1, 0.15) is 11.7 Å². The van der Waals surface area contributed by atoms with Crippen molar-refractivity contribution in [2.24, 2.45) is 10.8 Å². The van der Waals surface area contributed by atoms with Gasteiger partial charge < -0.3 is 21.0 Å². The Morgan fingerprint density at radius 1 is 1.32 bits per heavy atom. The van der Waals surface area contributed by atoms with E-state index in [1.54, 1.807) is 30.3 Å². The van der Waals surface area contributed by atoms with Crippen LogP contribution in [0.15, 0.2) is 46.6 Å². The molecule has 3 rings (SSSR count). The minimum Gasteiger partial charge on any atom is -0.477 e. The zero-order chi connectivity index (χ0) is 25.0. The number of aliphatic imine (C=N–C) groups is 1. The number of rotatable bonds is 8. The lowest BCUT2D eigenvalue weighted by atomic mass is 10.0. The number of hydrogen-bond acceptors (Lipinski definition) is 10. The van der Waals surface area contributed by atoms with Gasteiger partial charge >= 0.3 is 5.97 Å². The first-order valence-corrected chi connectivity index (χ1v) is 13.2. The van der Waals surface area contributed by atoms with Crippen LogP contribution in [-0.2, 0) is 24.5 Å². The number of nitrogens with zero attached hydrogens (tertiary/aromatic N) is 2. The van der Waals surface area contributed by atoms with E-state index in [2.05, 4.69) is 15.7 Å².